The molecule has 0 fully saturated rings. The van der Waals surface area contributed by atoms with Crippen molar-refractivity contribution in [2.45, 2.75) is 16.5 Å². The van der Waals surface area contributed by atoms with E-state index in [0.29, 0.717) is 0 Å². The normalized spacial score (nSPS) is 11.3. The molecular weight excluding hydrogens is 416 g/mol. The zero-order chi connectivity index (χ0) is 22.1. The van der Waals surface area contributed by atoms with Gasteiger partial charge in [0.25, 0.3) is 5.69 Å². The van der Waals surface area contributed by atoms with E-state index in [0.717, 1.165) is 0 Å². The summed E-state index contributed by atoms with van der Waals surface area (Å²) in [5.41, 5.74) is -0.110. The number of hydrogen-bond acceptors (Lipinski definition) is 9. The van der Waals surface area contributed by atoms with Crippen LogP contribution in [0.4, 0.5) is 5.69 Å². The van der Waals surface area contributed by atoms with E-state index in [1.165, 1.54) is 57.7 Å². The smallest absolute Gasteiger partial charge is 0.284 e. The first-order valence-corrected chi connectivity index (χ1v) is 9.99. The predicted molar refractivity (Wildman–Crippen MR) is 106 cm³/mol. The lowest BCUT2D eigenvalue weighted by Crippen LogP contribution is -2.07. The van der Waals surface area contributed by atoms with Gasteiger partial charge in [0.1, 0.15) is 0 Å². The first-order chi connectivity index (χ1) is 14.3. The van der Waals surface area contributed by atoms with Crippen LogP contribution in [0.2, 0.25) is 0 Å². The maximum absolute atomic E-state index is 13.2. The van der Waals surface area contributed by atoms with E-state index in [4.69, 9.17) is 14.2 Å². The zero-order valence-corrected chi connectivity index (χ0v) is 17.1. The van der Waals surface area contributed by atoms with Crippen LogP contribution in [0.15, 0.2) is 46.3 Å². The molecule has 0 saturated carbocycles. The molecule has 1 heterocycles. The van der Waals surface area contributed by atoms with Crippen molar-refractivity contribution >= 4 is 26.4 Å². The molecule has 30 heavy (non-hydrogen) atoms. The quantitative estimate of drug-likeness (QED) is 0.439. The average molecular weight is 434 g/mol. The molecule has 0 unspecified atom stereocenters. The number of aliphatic hydroxyl groups excluding tert-OH is 1. The van der Waals surface area contributed by atoms with E-state index in [-0.39, 0.29) is 49.3 Å². The van der Waals surface area contributed by atoms with Gasteiger partial charge in [0.2, 0.25) is 15.6 Å². The van der Waals surface area contributed by atoms with Gasteiger partial charge in [-0.05, 0) is 24.3 Å². The van der Waals surface area contributed by atoms with Crippen molar-refractivity contribution in [2.75, 3.05) is 21.3 Å². The number of aromatic nitrogens is 1. The van der Waals surface area contributed by atoms with Crippen molar-refractivity contribution in [3.8, 4) is 17.2 Å². The molecule has 0 aliphatic heterocycles. The Balaban J connectivity index is 2.21. The average Bonchev–Trinajstić information content (AvgIpc) is 2.76. The third kappa shape index (κ3) is 3.48. The fourth-order valence-electron chi connectivity index (χ4n) is 3.04. The number of hydrogen-bond donors (Lipinski definition) is 1. The van der Waals surface area contributed by atoms with E-state index in [1.807, 2.05) is 0 Å². The Hall–Kier alpha value is -3.44. The summed E-state index contributed by atoms with van der Waals surface area (Å²) in [6.45, 7) is -0.530. The SMILES string of the molecule is COc1cc(S(=O)(=O)c2ccc3c([N+](=O)[O-])c(CO)ccc3n2)cc(OC)c1OC. The first-order valence-electron chi connectivity index (χ1n) is 8.51. The summed E-state index contributed by atoms with van der Waals surface area (Å²) < 4.78 is 41.9. The van der Waals surface area contributed by atoms with Gasteiger partial charge in [0.15, 0.2) is 16.5 Å². The van der Waals surface area contributed by atoms with Crippen LogP contribution in [-0.4, -0.2) is 44.8 Å². The summed E-state index contributed by atoms with van der Waals surface area (Å²) in [5.74, 6) is 0.538. The topological polar surface area (TPSA) is 138 Å². The van der Waals surface area contributed by atoms with Crippen molar-refractivity contribution in [1.82, 2.24) is 4.98 Å². The molecule has 0 bridgehead atoms. The van der Waals surface area contributed by atoms with Gasteiger partial charge in [0, 0.05) is 12.1 Å². The van der Waals surface area contributed by atoms with E-state index >= 15 is 0 Å². The standard InChI is InChI=1S/C19H18N2O8S/c1-27-15-8-12(9-16(28-2)19(15)29-3)30(25,26)17-7-5-13-14(20-17)6-4-11(10-22)18(13)21(23)24/h4-9,22H,10H2,1-3H3. The number of benzene rings is 2. The molecular formula is C19H18N2O8S. The van der Waals surface area contributed by atoms with Gasteiger partial charge >= 0.3 is 0 Å². The molecule has 11 heteroatoms. The number of pyridine rings is 1. The molecule has 10 nitrogen and oxygen atoms in total. The van der Waals surface area contributed by atoms with Gasteiger partial charge in [-0.2, -0.15) is 0 Å². The van der Waals surface area contributed by atoms with Crippen molar-refractivity contribution < 1.29 is 32.7 Å². The summed E-state index contributed by atoms with van der Waals surface area (Å²) >= 11 is 0. The van der Waals surface area contributed by atoms with Crippen LogP contribution in [0.3, 0.4) is 0 Å². The minimum Gasteiger partial charge on any atom is -0.493 e. The fourth-order valence-corrected chi connectivity index (χ4v) is 4.27. The van der Waals surface area contributed by atoms with Crippen LogP contribution in [-0.2, 0) is 16.4 Å². The number of methoxy groups -OCH3 is 3. The van der Waals surface area contributed by atoms with Gasteiger partial charge in [-0.15, -0.1) is 0 Å². The lowest BCUT2D eigenvalue weighted by Gasteiger charge is -2.14. The van der Waals surface area contributed by atoms with Crippen LogP contribution in [0.5, 0.6) is 17.2 Å². The molecule has 0 atom stereocenters. The Bertz CT molecular complexity index is 1220. The summed E-state index contributed by atoms with van der Waals surface area (Å²) in [6, 6.07) is 7.78. The number of sulfone groups is 1. The molecule has 3 aromatic rings. The van der Waals surface area contributed by atoms with Crippen LogP contribution in [0, 0.1) is 10.1 Å². The minimum absolute atomic E-state index is 0.104. The molecule has 0 aliphatic carbocycles. The van der Waals surface area contributed by atoms with E-state index < -0.39 is 21.4 Å². The highest BCUT2D eigenvalue weighted by Crippen LogP contribution is 2.40. The predicted octanol–water partition coefficient (Wildman–Crippen LogP) is 2.49. The second kappa shape index (κ2) is 8.13. The highest BCUT2D eigenvalue weighted by Gasteiger charge is 2.26. The molecule has 158 valence electrons. The molecule has 0 aliphatic rings. The second-order valence-electron chi connectivity index (χ2n) is 6.07. The van der Waals surface area contributed by atoms with E-state index in [1.54, 1.807) is 0 Å². The molecule has 1 aromatic heterocycles. The number of aliphatic hydroxyl groups is 1. The number of nitrogens with zero attached hydrogens (tertiary/aromatic N) is 2. The Morgan fingerprint density at radius 1 is 1.03 bits per heavy atom. The number of nitro benzene ring substituents is 1. The number of nitro groups is 1. The summed E-state index contributed by atoms with van der Waals surface area (Å²) in [4.78, 5) is 14.7. The van der Waals surface area contributed by atoms with Crippen LogP contribution >= 0.6 is 0 Å². The van der Waals surface area contributed by atoms with Crippen molar-refractivity contribution in [3.63, 3.8) is 0 Å². The van der Waals surface area contributed by atoms with Gasteiger partial charge < -0.3 is 19.3 Å². The monoisotopic (exact) mass is 434 g/mol. The number of rotatable bonds is 7. The van der Waals surface area contributed by atoms with Gasteiger partial charge in [-0.1, -0.05) is 0 Å². The molecule has 0 spiro atoms. The van der Waals surface area contributed by atoms with Gasteiger partial charge in [0.05, 0.1) is 54.2 Å². The lowest BCUT2D eigenvalue weighted by molar-refractivity contribution is -0.384. The van der Waals surface area contributed by atoms with Gasteiger partial charge in [-0.25, -0.2) is 13.4 Å². The Morgan fingerprint density at radius 2 is 1.67 bits per heavy atom. The second-order valence-corrected chi connectivity index (χ2v) is 7.97. The zero-order valence-electron chi connectivity index (χ0n) is 16.3. The highest BCUT2D eigenvalue weighted by atomic mass is 32.2. The molecule has 2 aromatic carbocycles. The fraction of sp³-hybridized carbons (Fsp3) is 0.211. The molecule has 0 saturated heterocycles. The maximum Gasteiger partial charge on any atom is 0.284 e. The summed E-state index contributed by atoms with van der Waals surface area (Å²) in [7, 11) is 0.00243. The highest BCUT2D eigenvalue weighted by molar-refractivity contribution is 7.91. The van der Waals surface area contributed by atoms with Crippen molar-refractivity contribution in [3.05, 3.63) is 52.1 Å². The molecule has 0 radical (unpaired) electrons. The Kier molecular flexibility index (Phi) is 5.76. The first kappa shape index (κ1) is 21.3. The minimum atomic E-state index is -4.12. The lowest BCUT2D eigenvalue weighted by atomic mass is 10.1. The van der Waals surface area contributed by atoms with Gasteiger partial charge in [-0.3, -0.25) is 10.1 Å². The number of ether oxygens (including phenoxy) is 3. The molecule has 1 N–H and O–H groups in total. The van der Waals surface area contributed by atoms with Crippen molar-refractivity contribution in [1.29, 1.82) is 0 Å². The Labute approximate surface area is 171 Å². The van der Waals surface area contributed by atoms with Crippen LogP contribution in [0.25, 0.3) is 10.9 Å². The third-order valence-corrected chi connectivity index (χ3v) is 6.11. The number of fused-ring (bicyclic) bond motifs is 1. The third-order valence-electron chi connectivity index (χ3n) is 4.48. The maximum atomic E-state index is 13.2. The van der Waals surface area contributed by atoms with E-state index in [9.17, 15) is 23.6 Å². The largest absolute Gasteiger partial charge is 0.493 e. The van der Waals surface area contributed by atoms with Crippen molar-refractivity contribution in [2.24, 2.45) is 0 Å². The summed E-state index contributed by atoms with van der Waals surface area (Å²) in [6.07, 6.45) is 0. The van der Waals surface area contributed by atoms with Crippen LogP contribution in [0.1, 0.15) is 5.56 Å². The van der Waals surface area contributed by atoms with E-state index in [2.05, 4.69) is 4.98 Å². The summed E-state index contributed by atoms with van der Waals surface area (Å²) in [5, 5.41) is 20.6. The molecule has 0 amide bonds. The molecule has 3 rings (SSSR count). The Morgan fingerprint density at radius 3 is 2.17 bits per heavy atom. The van der Waals surface area contributed by atoms with Crippen LogP contribution < -0.4 is 14.2 Å².